The van der Waals surface area contributed by atoms with Gasteiger partial charge in [-0.25, -0.2) is 0 Å². The molecule has 2 heterocycles. The minimum atomic E-state index is 0.485. The molecule has 2 aromatic rings. The summed E-state index contributed by atoms with van der Waals surface area (Å²) in [6.45, 7) is 4.28. The molecule has 0 atom stereocenters. The molecule has 0 spiro atoms. The fourth-order valence-corrected chi connectivity index (χ4v) is 1.20. The Morgan fingerprint density at radius 2 is 2.33 bits per heavy atom. The molecular weight excluding hydrogens is 148 g/mol. The number of fused-ring (bicyclic) bond motifs is 1. The average molecular weight is 159 g/mol. The molecule has 1 N–H and O–H groups in total. The SMILES string of the molecule is CC(C)c1[c]c2ncccc2[nH]1. The first-order valence-electron chi connectivity index (χ1n) is 4.13. The highest BCUT2D eigenvalue weighted by molar-refractivity contribution is 5.74. The third-order valence-corrected chi connectivity index (χ3v) is 1.91. The molecule has 0 aromatic carbocycles. The number of rotatable bonds is 1. The number of hydrogen-bond acceptors (Lipinski definition) is 1. The van der Waals surface area contributed by atoms with Crippen LogP contribution in [0.25, 0.3) is 11.0 Å². The fraction of sp³-hybridized carbons (Fsp3) is 0.300. The van der Waals surface area contributed by atoms with Gasteiger partial charge in [-0.3, -0.25) is 4.98 Å². The Labute approximate surface area is 71.6 Å². The second kappa shape index (κ2) is 2.63. The quantitative estimate of drug-likeness (QED) is 0.680. The number of H-pyrrole nitrogens is 1. The van der Waals surface area contributed by atoms with Gasteiger partial charge in [-0.05, 0) is 18.1 Å². The Morgan fingerprint density at radius 1 is 1.50 bits per heavy atom. The van der Waals surface area contributed by atoms with E-state index in [1.54, 1.807) is 6.20 Å². The van der Waals surface area contributed by atoms with Crippen molar-refractivity contribution < 1.29 is 0 Å². The van der Waals surface area contributed by atoms with Gasteiger partial charge < -0.3 is 4.98 Å². The van der Waals surface area contributed by atoms with Crippen LogP contribution < -0.4 is 0 Å². The van der Waals surface area contributed by atoms with Gasteiger partial charge in [0.1, 0.15) is 0 Å². The van der Waals surface area contributed by atoms with Crippen molar-refractivity contribution in [3.63, 3.8) is 0 Å². The van der Waals surface area contributed by atoms with E-state index in [4.69, 9.17) is 0 Å². The summed E-state index contributed by atoms with van der Waals surface area (Å²) in [5, 5.41) is 0. The molecule has 0 saturated carbocycles. The van der Waals surface area contributed by atoms with Crippen LogP contribution in [0.1, 0.15) is 25.5 Å². The lowest BCUT2D eigenvalue weighted by atomic mass is 10.1. The van der Waals surface area contributed by atoms with Gasteiger partial charge >= 0.3 is 0 Å². The van der Waals surface area contributed by atoms with Gasteiger partial charge in [0.05, 0.1) is 11.0 Å². The van der Waals surface area contributed by atoms with Gasteiger partial charge in [-0.15, -0.1) is 0 Å². The van der Waals surface area contributed by atoms with E-state index in [0.29, 0.717) is 5.92 Å². The molecular formula is C10H11N2. The fourth-order valence-electron chi connectivity index (χ4n) is 1.20. The number of hydrogen-bond donors (Lipinski definition) is 1. The van der Waals surface area contributed by atoms with Crippen LogP contribution in [-0.4, -0.2) is 9.97 Å². The second-order valence-electron chi connectivity index (χ2n) is 3.22. The highest BCUT2D eigenvalue weighted by Gasteiger charge is 2.04. The van der Waals surface area contributed by atoms with Crippen molar-refractivity contribution in [3.8, 4) is 0 Å². The van der Waals surface area contributed by atoms with Gasteiger partial charge in [0.25, 0.3) is 0 Å². The van der Waals surface area contributed by atoms with Crippen molar-refractivity contribution in [1.82, 2.24) is 9.97 Å². The predicted molar refractivity (Wildman–Crippen MR) is 49.0 cm³/mol. The normalized spacial score (nSPS) is 11.2. The van der Waals surface area contributed by atoms with E-state index in [1.165, 1.54) is 0 Å². The topological polar surface area (TPSA) is 28.7 Å². The molecule has 0 bridgehead atoms. The van der Waals surface area contributed by atoms with Crippen molar-refractivity contribution in [2.24, 2.45) is 0 Å². The average Bonchev–Trinajstić information content (AvgIpc) is 2.46. The summed E-state index contributed by atoms with van der Waals surface area (Å²) < 4.78 is 0. The Hall–Kier alpha value is -1.31. The zero-order chi connectivity index (χ0) is 8.55. The smallest absolute Gasteiger partial charge is 0.0961 e. The molecule has 12 heavy (non-hydrogen) atoms. The van der Waals surface area contributed by atoms with Crippen LogP contribution >= 0.6 is 0 Å². The Balaban J connectivity index is 2.62. The van der Waals surface area contributed by atoms with Crippen LogP contribution in [0.5, 0.6) is 0 Å². The molecule has 1 radical (unpaired) electrons. The summed E-state index contributed by atoms with van der Waals surface area (Å²) in [5.74, 6) is 0.485. The largest absolute Gasteiger partial charge is 0.356 e. The van der Waals surface area contributed by atoms with Gasteiger partial charge in [-0.2, -0.15) is 0 Å². The Kier molecular flexibility index (Phi) is 1.61. The molecule has 2 rings (SSSR count). The second-order valence-corrected chi connectivity index (χ2v) is 3.22. The number of aromatic amines is 1. The molecule has 0 aliphatic carbocycles. The van der Waals surface area contributed by atoms with Crippen LogP contribution in [0.2, 0.25) is 0 Å². The third-order valence-electron chi connectivity index (χ3n) is 1.91. The molecule has 61 valence electrons. The monoisotopic (exact) mass is 159 g/mol. The lowest BCUT2D eigenvalue weighted by molar-refractivity contribution is 0.835. The van der Waals surface area contributed by atoms with Crippen LogP contribution in [0, 0.1) is 6.07 Å². The van der Waals surface area contributed by atoms with Crippen LogP contribution in [-0.2, 0) is 0 Å². The van der Waals surface area contributed by atoms with Gasteiger partial charge in [0, 0.05) is 18.0 Å². The maximum atomic E-state index is 4.20. The minimum absolute atomic E-state index is 0.485. The van der Waals surface area contributed by atoms with Crippen molar-refractivity contribution >= 4 is 11.0 Å². The molecule has 0 unspecified atom stereocenters. The first kappa shape index (κ1) is 7.35. The number of nitrogens with zero attached hydrogens (tertiary/aromatic N) is 1. The summed E-state index contributed by atoms with van der Waals surface area (Å²) in [6, 6.07) is 7.17. The summed E-state index contributed by atoms with van der Waals surface area (Å²) in [4.78, 5) is 7.47. The summed E-state index contributed by atoms with van der Waals surface area (Å²) in [7, 11) is 0. The molecule has 0 aliphatic rings. The lowest BCUT2D eigenvalue weighted by Gasteiger charge is -1.96. The van der Waals surface area contributed by atoms with E-state index in [0.717, 1.165) is 16.7 Å². The zero-order valence-corrected chi connectivity index (χ0v) is 7.26. The lowest BCUT2D eigenvalue weighted by Crippen LogP contribution is -1.84. The number of nitrogens with one attached hydrogen (secondary N) is 1. The van der Waals surface area contributed by atoms with E-state index in [9.17, 15) is 0 Å². The summed E-state index contributed by atoms with van der Waals surface area (Å²) in [6.07, 6.45) is 1.79. The van der Waals surface area contributed by atoms with E-state index in [-0.39, 0.29) is 0 Å². The molecule has 2 nitrogen and oxygen atoms in total. The van der Waals surface area contributed by atoms with E-state index >= 15 is 0 Å². The highest BCUT2D eigenvalue weighted by atomic mass is 14.8. The first-order chi connectivity index (χ1) is 5.77. The Bertz CT molecular complexity index is 354. The number of aromatic nitrogens is 2. The molecule has 2 heteroatoms. The standard InChI is InChI=1S/C10H11N2/c1-7(2)9-6-10-8(12-9)4-3-5-11-10/h3-5,7,12H,1-2H3. The van der Waals surface area contributed by atoms with Gasteiger partial charge in [0.15, 0.2) is 0 Å². The summed E-state index contributed by atoms with van der Waals surface area (Å²) in [5.41, 5.74) is 3.13. The van der Waals surface area contributed by atoms with Crippen molar-refractivity contribution in [2.75, 3.05) is 0 Å². The zero-order valence-electron chi connectivity index (χ0n) is 7.26. The van der Waals surface area contributed by atoms with Gasteiger partial charge in [-0.1, -0.05) is 13.8 Å². The maximum absolute atomic E-state index is 4.20. The maximum Gasteiger partial charge on any atom is 0.0961 e. The van der Waals surface area contributed by atoms with Crippen molar-refractivity contribution in [3.05, 3.63) is 30.1 Å². The van der Waals surface area contributed by atoms with Gasteiger partial charge in [0.2, 0.25) is 0 Å². The van der Waals surface area contributed by atoms with Crippen LogP contribution in [0.15, 0.2) is 18.3 Å². The first-order valence-corrected chi connectivity index (χ1v) is 4.13. The third kappa shape index (κ3) is 1.09. The number of pyridine rings is 1. The molecule has 0 amide bonds. The van der Waals surface area contributed by atoms with E-state index in [1.807, 2.05) is 12.1 Å². The van der Waals surface area contributed by atoms with Crippen molar-refractivity contribution in [2.45, 2.75) is 19.8 Å². The molecule has 0 aliphatic heterocycles. The molecule has 0 saturated heterocycles. The predicted octanol–water partition coefficient (Wildman–Crippen LogP) is 2.49. The molecule has 0 fully saturated rings. The minimum Gasteiger partial charge on any atom is -0.356 e. The van der Waals surface area contributed by atoms with Crippen LogP contribution in [0.3, 0.4) is 0 Å². The summed E-state index contributed by atoms with van der Waals surface area (Å²) >= 11 is 0. The van der Waals surface area contributed by atoms with Crippen LogP contribution in [0.4, 0.5) is 0 Å². The van der Waals surface area contributed by atoms with E-state index < -0.39 is 0 Å². The molecule has 2 aromatic heterocycles. The highest BCUT2D eigenvalue weighted by Crippen LogP contribution is 2.17. The Morgan fingerprint density at radius 3 is 3.00 bits per heavy atom. The van der Waals surface area contributed by atoms with Crippen molar-refractivity contribution in [1.29, 1.82) is 0 Å². The van der Waals surface area contributed by atoms with E-state index in [2.05, 4.69) is 29.9 Å².